The third-order valence-electron chi connectivity index (χ3n) is 6.17. The number of aliphatic imine (C=N–C) groups is 2. The number of benzene rings is 2. The number of thioether (sulfide) groups is 1. The number of aryl methyl sites for hydroxylation is 1. The Kier molecular flexibility index (Phi) is 7.73. The van der Waals surface area contributed by atoms with Gasteiger partial charge in [-0.05, 0) is 31.5 Å². The van der Waals surface area contributed by atoms with Gasteiger partial charge in [-0.25, -0.2) is 9.89 Å². The number of aromatic amines is 1. The maximum atomic E-state index is 13.4. The standard InChI is InChI=1S/C27H27N7O4S/c1-16-13-22(33-32-16)31-24(36)15-39-27-30-19-9-5-4-8-18(19)25-29-20(26(37)34(25)27)11-12-23(35)28-14-17-7-3-6-10-21(17)38-2/h3-10,13,20H,11-12,14-15H2,1-2H3,(H,28,35)(H2,31,32,33,36)/t20-/m1/s1. The van der Waals surface area contributed by atoms with Crippen molar-refractivity contribution in [2.45, 2.75) is 32.4 Å². The molecule has 3 aromatic rings. The lowest BCUT2D eigenvalue weighted by atomic mass is 10.1. The van der Waals surface area contributed by atoms with Gasteiger partial charge in [0.1, 0.15) is 17.6 Å². The third kappa shape index (κ3) is 5.85. The van der Waals surface area contributed by atoms with Crippen LogP contribution >= 0.6 is 11.8 Å². The number of H-pyrrole nitrogens is 1. The second kappa shape index (κ2) is 11.5. The molecule has 2 aliphatic rings. The Bertz CT molecular complexity index is 1480. The number of methoxy groups -OCH3 is 1. The zero-order chi connectivity index (χ0) is 27.4. The summed E-state index contributed by atoms with van der Waals surface area (Å²) < 4.78 is 5.33. The largest absolute Gasteiger partial charge is 0.496 e. The molecule has 3 amide bonds. The van der Waals surface area contributed by atoms with Gasteiger partial charge in [-0.1, -0.05) is 42.1 Å². The van der Waals surface area contributed by atoms with Crippen LogP contribution in [0.3, 0.4) is 0 Å². The van der Waals surface area contributed by atoms with E-state index in [1.54, 1.807) is 13.2 Å². The molecule has 3 N–H and O–H groups in total. The average Bonchev–Trinajstić information content (AvgIpc) is 3.51. The third-order valence-corrected chi connectivity index (χ3v) is 7.11. The number of para-hydroxylation sites is 2. The van der Waals surface area contributed by atoms with Crippen LogP contribution in [0, 0.1) is 6.92 Å². The molecular formula is C27H27N7O4S. The number of hydrogen-bond acceptors (Lipinski definition) is 8. The number of nitrogens with one attached hydrogen (secondary N) is 3. The molecule has 3 heterocycles. The number of amides is 3. The highest BCUT2D eigenvalue weighted by molar-refractivity contribution is 8.14. The smallest absolute Gasteiger partial charge is 0.259 e. The SMILES string of the molecule is COc1ccccc1CNC(=O)CC[C@H]1N=C2c3ccccc3N=C(SCC(=O)Nc3cc(C)[nH]n3)N2C1=O. The van der Waals surface area contributed by atoms with Crippen LogP contribution in [-0.2, 0) is 20.9 Å². The molecule has 39 heavy (non-hydrogen) atoms. The highest BCUT2D eigenvalue weighted by Gasteiger charge is 2.41. The van der Waals surface area contributed by atoms with E-state index in [1.807, 2.05) is 55.5 Å². The molecular weight excluding hydrogens is 518 g/mol. The summed E-state index contributed by atoms with van der Waals surface area (Å²) in [5.74, 6) is 0.900. The van der Waals surface area contributed by atoms with Gasteiger partial charge >= 0.3 is 0 Å². The minimum absolute atomic E-state index is 0.0278. The molecule has 0 bridgehead atoms. The van der Waals surface area contributed by atoms with E-state index in [9.17, 15) is 14.4 Å². The molecule has 2 aromatic carbocycles. The number of carbonyl (C=O) groups excluding carboxylic acids is 3. The van der Waals surface area contributed by atoms with Crippen molar-refractivity contribution in [3.05, 3.63) is 71.4 Å². The van der Waals surface area contributed by atoms with Crippen LogP contribution in [0.2, 0.25) is 0 Å². The Labute approximate surface area is 229 Å². The first kappa shape index (κ1) is 26.2. The normalized spacial score (nSPS) is 15.7. The molecule has 0 saturated heterocycles. The lowest BCUT2D eigenvalue weighted by Gasteiger charge is -2.25. The minimum atomic E-state index is -0.727. The molecule has 200 valence electrons. The van der Waals surface area contributed by atoms with Gasteiger partial charge in [-0.15, -0.1) is 0 Å². The molecule has 0 fully saturated rings. The van der Waals surface area contributed by atoms with Crippen molar-refractivity contribution in [3.8, 4) is 5.75 Å². The van der Waals surface area contributed by atoms with Gasteiger partial charge in [0.15, 0.2) is 11.0 Å². The Hall–Kier alpha value is -4.45. The number of amidine groups is 2. The lowest BCUT2D eigenvalue weighted by molar-refractivity contribution is -0.125. The fourth-order valence-corrected chi connectivity index (χ4v) is 5.08. The Morgan fingerprint density at radius 2 is 1.92 bits per heavy atom. The minimum Gasteiger partial charge on any atom is -0.496 e. The van der Waals surface area contributed by atoms with Crippen molar-refractivity contribution in [3.63, 3.8) is 0 Å². The first-order chi connectivity index (χ1) is 18.9. The number of rotatable bonds is 9. The monoisotopic (exact) mass is 545 g/mol. The van der Waals surface area contributed by atoms with Crippen molar-refractivity contribution < 1.29 is 19.1 Å². The van der Waals surface area contributed by atoms with Crippen LogP contribution in [0.15, 0.2) is 64.6 Å². The summed E-state index contributed by atoms with van der Waals surface area (Å²) in [6.45, 7) is 2.16. The summed E-state index contributed by atoms with van der Waals surface area (Å²) >= 11 is 1.14. The molecule has 5 rings (SSSR count). The zero-order valence-corrected chi connectivity index (χ0v) is 22.2. The van der Waals surface area contributed by atoms with Crippen LogP contribution in [0.5, 0.6) is 5.75 Å². The predicted molar refractivity (Wildman–Crippen MR) is 149 cm³/mol. The van der Waals surface area contributed by atoms with Crippen LogP contribution in [0.25, 0.3) is 0 Å². The number of anilines is 1. The number of ether oxygens (including phenoxy) is 1. The van der Waals surface area contributed by atoms with Crippen molar-refractivity contribution in [1.29, 1.82) is 0 Å². The van der Waals surface area contributed by atoms with Gasteiger partial charge in [0.05, 0.1) is 18.6 Å². The fourth-order valence-electron chi connectivity index (χ4n) is 4.28. The van der Waals surface area contributed by atoms with Crippen molar-refractivity contribution in [1.82, 2.24) is 20.4 Å². The first-order valence-electron chi connectivity index (χ1n) is 12.4. The van der Waals surface area contributed by atoms with Crippen LogP contribution in [0.4, 0.5) is 11.5 Å². The Morgan fingerprint density at radius 3 is 2.72 bits per heavy atom. The maximum absolute atomic E-state index is 13.4. The molecule has 2 aliphatic heterocycles. The second-order valence-corrected chi connectivity index (χ2v) is 9.90. The molecule has 0 saturated carbocycles. The summed E-state index contributed by atoms with van der Waals surface area (Å²) in [5, 5.41) is 12.8. The van der Waals surface area contributed by atoms with E-state index in [0.717, 1.165) is 28.6 Å². The Balaban J connectivity index is 1.23. The molecule has 1 atom stereocenters. The van der Waals surface area contributed by atoms with E-state index < -0.39 is 6.04 Å². The molecule has 0 aliphatic carbocycles. The summed E-state index contributed by atoms with van der Waals surface area (Å²) in [6.07, 6.45) is 0.374. The van der Waals surface area contributed by atoms with Crippen molar-refractivity contribution in [2.75, 3.05) is 18.2 Å². The van der Waals surface area contributed by atoms with Crippen LogP contribution in [0.1, 0.15) is 29.7 Å². The topological polar surface area (TPSA) is 141 Å². The van der Waals surface area contributed by atoms with Gasteiger partial charge in [0, 0.05) is 35.9 Å². The van der Waals surface area contributed by atoms with E-state index in [-0.39, 0.29) is 36.3 Å². The van der Waals surface area contributed by atoms with Gasteiger partial charge in [-0.2, -0.15) is 5.10 Å². The van der Waals surface area contributed by atoms with E-state index in [1.165, 1.54) is 4.90 Å². The fraction of sp³-hybridized carbons (Fsp3) is 0.259. The molecule has 0 spiro atoms. The first-order valence-corrected chi connectivity index (χ1v) is 13.3. The average molecular weight is 546 g/mol. The Morgan fingerprint density at radius 1 is 1.13 bits per heavy atom. The van der Waals surface area contributed by atoms with Gasteiger partial charge < -0.3 is 15.4 Å². The summed E-state index contributed by atoms with van der Waals surface area (Å²) in [4.78, 5) is 49.3. The molecule has 12 heteroatoms. The van der Waals surface area contributed by atoms with Gasteiger partial charge in [0.2, 0.25) is 11.8 Å². The van der Waals surface area contributed by atoms with Gasteiger partial charge in [-0.3, -0.25) is 24.5 Å². The molecule has 0 radical (unpaired) electrons. The summed E-state index contributed by atoms with van der Waals surface area (Å²) in [5.41, 5.74) is 3.09. The molecule has 11 nitrogen and oxygen atoms in total. The van der Waals surface area contributed by atoms with Crippen LogP contribution in [-0.4, -0.2) is 62.7 Å². The highest BCUT2D eigenvalue weighted by atomic mass is 32.2. The van der Waals surface area contributed by atoms with E-state index in [0.29, 0.717) is 34.8 Å². The molecule has 0 unspecified atom stereocenters. The summed E-state index contributed by atoms with van der Waals surface area (Å²) in [6, 6.07) is 15.9. The van der Waals surface area contributed by atoms with Crippen LogP contribution < -0.4 is 15.4 Å². The molecule has 1 aromatic heterocycles. The number of fused-ring (bicyclic) bond motifs is 3. The zero-order valence-electron chi connectivity index (χ0n) is 21.4. The second-order valence-electron chi connectivity index (χ2n) is 8.95. The van der Waals surface area contributed by atoms with E-state index >= 15 is 0 Å². The maximum Gasteiger partial charge on any atom is 0.259 e. The summed E-state index contributed by atoms with van der Waals surface area (Å²) in [7, 11) is 1.58. The van der Waals surface area contributed by atoms with Crippen molar-refractivity contribution in [2.24, 2.45) is 9.98 Å². The number of hydrogen-bond donors (Lipinski definition) is 3. The number of aromatic nitrogens is 2. The number of nitrogens with zero attached hydrogens (tertiary/aromatic N) is 4. The lowest BCUT2D eigenvalue weighted by Crippen LogP contribution is -2.41. The van der Waals surface area contributed by atoms with Crippen molar-refractivity contribution >= 4 is 52.0 Å². The van der Waals surface area contributed by atoms with E-state index in [2.05, 4.69) is 30.8 Å². The quantitative estimate of drug-likeness (QED) is 0.377. The predicted octanol–water partition coefficient (Wildman–Crippen LogP) is 3.15. The number of carbonyl (C=O) groups is 3. The van der Waals surface area contributed by atoms with E-state index in [4.69, 9.17) is 4.74 Å². The highest BCUT2D eigenvalue weighted by Crippen LogP contribution is 2.34. The van der Waals surface area contributed by atoms with Gasteiger partial charge in [0.25, 0.3) is 5.91 Å².